The first-order chi connectivity index (χ1) is 9.75. The molecule has 1 N–H and O–H groups in total. The van der Waals surface area contributed by atoms with Crippen molar-refractivity contribution in [1.29, 1.82) is 0 Å². The molecule has 0 radical (unpaired) electrons. The van der Waals surface area contributed by atoms with Gasteiger partial charge in [0, 0.05) is 11.5 Å². The first-order valence-corrected chi connectivity index (χ1v) is 6.76. The first-order valence-electron chi connectivity index (χ1n) is 6.76. The smallest absolute Gasteiger partial charge is 0.335 e. The third kappa shape index (κ3) is 3.81. The van der Waals surface area contributed by atoms with Crippen molar-refractivity contribution in [2.75, 3.05) is 0 Å². The number of carboxylic acids is 1. The van der Waals surface area contributed by atoms with E-state index in [-0.39, 0.29) is 11.0 Å². The number of hydrogen-bond acceptors (Lipinski definition) is 3. The van der Waals surface area contributed by atoms with Crippen LogP contribution in [0.1, 0.15) is 42.4 Å². The number of carbonyl (C=O) groups is 1. The molecule has 0 saturated heterocycles. The first kappa shape index (κ1) is 15.0. The Morgan fingerprint density at radius 2 is 1.90 bits per heavy atom. The molecule has 110 valence electrons. The van der Waals surface area contributed by atoms with E-state index in [9.17, 15) is 9.90 Å². The van der Waals surface area contributed by atoms with Crippen LogP contribution in [0.15, 0.2) is 36.4 Å². The fraction of sp³-hybridized carbons (Fsp3) is 0.294. The lowest BCUT2D eigenvalue weighted by atomic mass is 9.91. The van der Waals surface area contributed by atoms with Crippen LogP contribution in [0.4, 0.5) is 0 Å². The number of aryl methyl sites for hydroxylation is 1. The predicted octanol–water partition coefficient (Wildman–Crippen LogP) is 4.18. The van der Waals surface area contributed by atoms with Gasteiger partial charge in [0.05, 0.1) is 11.3 Å². The molecule has 0 unspecified atom stereocenters. The van der Waals surface area contributed by atoms with E-state index in [1.54, 1.807) is 6.07 Å². The Hall–Kier alpha value is -2.36. The molecule has 2 rings (SSSR count). The molecule has 2 aromatic rings. The molecule has 4 heteroatoms. The van der Waals surface area contributed by atoms with E-state index in [4.69, 9.17) is 4.74 Å². The molecule has 1 aromatic heterocycles. The van der Waals surface area contributed by atoms with Crippen LogP contribution in [-0.4, -0.2) is 16.1 Å². The number of nitrogens with zero attached hydrogens (tertiary/aromatic N) is 1. The Kier molecular flexibility index (Phi) is 3.98. The highest BCUT2D eigenvalue weighted by molar-refractivity contribution is 5.88. The van der Waals surface area contributed by atoms with Gasteiger partial charge in [-0.25, -0.2) is 9.78 Å². The van der Waals surface area contributed by atoms with Gasteiger partial charge in [0.15, 0.2) is 0 Å². The van der Waals surface area contributed by atoms with Crippen LogP contribution in [0, 0.1) is 6.92 Å². The minimum atomic E-state index is -0.989. The molecular weight excluding hydrogens is 266 g/mol. The van der Waals surface area contributed by atoms with Crippen LogP contribution in [0.2, 0.25) is 0 Å². The second-order valence-electron chi connectivity index (χ2n) is 6.05. The quantitative estimate of drug-likeness (QED) is 0.919. The second-order valence-corrected chi connectivity index (χ2v) is 6.05. The highest BCUT2D eigenvalue weighted by Gasteiger charge is 2.19. The number of pyridine rings is 1. The fourth-order valence-corrected chi connectivity index (χ4v) is 1.86. The molecule has 0 aliphatic rings. The third-order valence-corrected chi connectivity index (χ3v) is 3.03. The molecule has 1 aromatic carbocycles. The molecule has 0 saturated carbocycles. The monoisotopic (exact) mass is 285 g/mol. The lowest BCUT2D eigenvalue weighted by molar-refractivity contribution is 0.0696. The third-order valence-electron chi connectivity index (χ3n) is 3.03. The van der Waals surface area contributed by atoms with Crippen LogP contribution in [0.5, 0.6) is 11.6 Å². The summed E-state index contributed by atoms with van der Waals surface area (Å²) in [6.45, 7) is 7.92. The summed E-state index contributed by atoms with van der Waals surface area (Å²) < 4.78 is 5.71. The average molecular weight is 285 g/mol. The maximum atomic E-state index is 11.3. The Morgan fingerprint density at radius 3 is 2.48 bits per heavy atom. The van der Waals surface area contributed by atoms with Crippen molar-refractivity contribution < 1.29 is 14.6 Å². The van der Waals surface area contributed by atoms with E-state index >= 15 is 0 Å². The van der Waals surface area contributed by atoms with Crippen molar-refractivity contribution in [3.05, 3.63) is 53.2 Å². The van der Waals surface area contributed by atoms with E-state index in [2.05, 4.69) is 4.98 Å². The van der Waals surface area contributed by atoms with Crippen molar-refractivity contribution in [3.63, 3.8) is 0 Å². The number of aromatic nitrogens is 1. The van der Waals surface area contributed by atoms with Gasteiger partial charge in [-0.15, -0.1) is 0 Å². The molecular formula is C17H19NO3. The fourth-order valence-electron chi connectivity index (χ4n) is 1.86. The van der Waals surface area contributed by atoms with Gasteiger partial charge in [-0.2, -0.15) is 0 Å². The normalized spacial score (nSPS) is 11.2. The zero-order valence-electron chi connectivity index (χ0n) is 12.7. The van der Waals surface area contributed by atoms with E-state index in [0.29, 0.717) is 17.3 Å². The highest BCUT2D eigenvalue weighted by Crippen LogP contribution is 2.27. The van der Waals surface area contributed by atoms with Gasteiger partial charge < -0.3 is 9.84 Å². The van der Waals surface area contributed by atoms with Gasteiger partial charge in [0.1, 0.15) is 5.75 Å². The minimum Gasteiger partial charge on any atom is -0.478 e. The molecule has 0 bridgehead atoms. The van der Waals surface area contributed by atoms with Gasteiger partial charge in [0.2, 0.25) is 5.88 Å². The molecule has 4 nitrogen and oxygen atoms in total. The highest BCUT2D eigenvalue weighted by atomic mass is 16.5. The number of ether oxygens (including phenoxy) is 1. The van der Waals surface area contributed by atoms with Gasteiger partial charge in [-0.1, -0.05) is 32.9 Å². The van der Waals surface area contributed by atoms with Gasteiger partial charge in [-0.05, 0) is 30.7 Å². The minimum absolute atomic E-state index is 0.178. The van der Waals surface area contributed by atoms with Crippen molar-refractivity contribution in [1.82, 2.24) is 4.98 Å². The Morgan fingerprint density at radius 1 is 1.19 bits per heavy atom. The molecule has 0 spiro atoms. The van der Waals surface area contributed by atoms with E-state index < -0.39 is 5.97 Å². The van der Waals surface area contributed by atoms with E-state index in [0.717, 1.165) is 5.56 Å². The van der Waals surface area contributed by atoms with Crippen LogP contribution < -0.4 is 4.74 Å². The summed E-state index contributed by atoms with van der Waals surface area (Å²) in [6.07, 6.45) is 0. The Bertz CT molecular complexity index is 672. The second kappa shape index (κ2) is 5.56. The number of benzene rings is 1. The lowest BCUT2D eigenvalue weighted by Gasteiger charge is -2.19. The van der Waals surface area contributed by atoms with E-state index in [1.165, 1.54) is 6.07 Å². The zero-order valence-corrected chi connectivity index (χ0v) is 12.7. The largest absolute Gasteiger partial charge is 0.478 e. The van der Waals surface area contributed by atoms with Crippen LogP contribution in [-0.2, 0) is 5.41 Å². The van der Waals surface area contributed by atoms with Crippen molar-refractivity contribution in [3.8, 4) is 11.6 Å². The summed E-state index contributed by atoms with van der Waals surface area (Å²) in [5.74, 6) is -0.0488. The van der Waals surface area contributed by atoms with Crippen LogP contribution in [0.3, 0.4) is 0 Å². The molecule has 0 atom stereocenters. The van der Waals surface area contributed by atoms with Crippen molar-refractivity contribution >= 4 is 5.97 Å². The number of hydrogen-bond donors (Lipinski definition) is 1. The standard InChI is InChI=1S/C17H19NO3/c1-11-6-5-7-13(8-11)21-15-10-12(16(19)20)9-14(18-15)17(2,3)4/h5-10H,1-4H3,(H,19,20). The maximum Gasteiger partial charge on any atom is 0.335 e. The van der Waals surface area contributed by atoms with Crippen molar-refractivity contribution in [2.24, 2.45) is 0 Å². The molecule has 0 fully saturated rings. The Balaban J connectivity index is 2.43. The predicted molar refractivity (Wildman–Crippen MR) is 81.1 cm³/mol. The average Bonchev–Trinajstić information content (AvgIpc) is 2.37. The van der Waals surface area contributed by atoms with Gasteiger partial charge >= 0.3 is 5.97 Å². The number of rotatable bonds is 3. The summed E-state index contributed by atoms with van der Waals surface area (Å²) >= 11 is 0. The summed E-state index contributed by atoms with van der Waals surface area (Å²) in [7, 11) is 0. The Labute approximate surface area is 124 Å². The molecule has 1 heterocycles. The summed E-state index contributed by atoms with van der Waals surface area (Å²) in [5.41, 5.74) is 1.68. The molecule has 0 amide bonds. The lowest BCUT2D eigenvalue weighted by Crippen LogP contribution is -2.15. The summed E-state index contributed by atoms with van der Waals surface area (Å²) in [4.78, 5) is 15.7. The molecule has 21 heavy (non-hydrogen) atoms. The van der Waals surface area contributed by atoms with Crippen molar-refractivity contribution in [2.45, 2.75) is 33.1 Å². The molecule has 0 aliphatic heterocycles. The topological polar surface area (TPSA) is 59.4 Å². The van der Waals surface area contributed by atoms with Gasteiger partial charge in [-0.3, -0.25) is 0 Å². The van der Waals surface area contributed by atoms with Gasteiger partial charge in [0.25, 0.3) is 0 Å². The SMILES string of the molecule is Cc1cccc(Oc2cc(C(=O)O)cc(C(C)(C)C)n2)c1. The number of carboxylic acid groups (broad SMARTS) is 1. The molecule has 0 aliphatic carbocycles. The number of aromatic carboxylic acids is 1. The maximum absolute atomic E-state index is 11.3. The summed E-state index contributed by atoms with van der Waals surface area (Å²) in [5, 5.41) is 9.23. The van der Waals surface area contributed by atoms with E-state index in [1.807, 2.05) is 52.0 Å². The zero-order chi connectivity index (χ0) is 15.6. The van der Waals surface area contributed by atoms with Crippen LogP contribution in [0.25, 0.3) is 0 Å². The van der Waals surface area contributed by atoms with Crippen LogP contribution >= 0.6 is 0 Å². The summed E-state index contributed by atoms with van der Waals surface area (Å²) in [6, 6.07) is 10.6.